The predicted octanol–water partition coefficient (Wildman–Crippen LogP) is 6.76. The van der Waals surface area contributed by atoms with Crippen LogP contribution in [0.25, 0.3) is 0 Å². The number of aldehydes is 1. The van der Waals surface area contributed by atoms with Crippen LogP contribution in [0.15, 0.2) is 67.3 Å². The van der Waals surface area contributed by atoms with Crippen LogP contribution in [0, 0.1) is 5.92 Å². The molecule has 0 spiro atoms. The molecule has 1 heterocycles. The summed E-state index contributed by atoms with van der Waals surface area (Å²) < 4.78 is 0. The summed E-state index contributed by atoms with van der Waals surface area (Å²) in [6.45, 7) is 7.83. The number of carbonyl (C=O) groups is 2. The molecule has 0 bridgehead atoms. The van der Waals surface area contributed by atoms with Gasteiger partial charge < -0.3 is 9.69 Å². The van der Waals surface area contributed by atoms with Gasteiger partial charge in [0.2, 0.25) is 5.91 Å². The van der Waals surface area contributed by atoms with Crippen molar-refractivity contribution in [2.24, 2.45) is 5.92 Å². The van der Waals surface area contributed by atoms with Crippen molar-refractivity contribution in [1.29, 1.82) is 0 Å². The zero-order valence-corrected chi connectivity index (χ0v) is 18.6. The van der Waals surface area contributed by atoms with E-state index in [1.807, 2.05) is 68.4 Å². The molecule has 0 N–H and O–H groups in total. The van der Waals surface area contributed by atoms with Gasteiger partial charge in [-0.25, -0.2) is 0 Å². The lowest BCUT2D eigenvalue weighted by atomic mass is 9.86. The molecule has 3 rings (SSSR count). The second kappa shape index (κ2) is 14.0. The molecule has 0 unspecified atom stereocenters. The highest BCUT2D eigenvalue weighted by Crippen LogP contribution is 2.35. The topological polar surface area (TPSA) is 37.4 Å². The van der Waals surface area contributed by atoms with Gasteiger partial charge >= 0.3 is 0 Å². The van der Waals surface area contributed by atoms with Gasteiger partial charge in [-0.2, -0.15) is 0 Å². The second-order valence-corrected chi connectivity index (χ2v) is 7.19. The van der Waals surface area contributed by atoms with E-state index in [0.29, 0.717) is 11.4 Å². The van der Waals surface area contributed by atoms with Crippen LogP contribution >= 0.6 is 23.2 Å². The summed E-state index contributed by atoms with van der Waals surface area (Å²) in [5.74, 6) is -0.000741. The number of allylic oxidation sites excluding steroid dienone is 1. The van der Waals surface area contributed by atoms with Crippen LogP contribution in [0.4, 0.5) is 0 Å². The minimum atomic E-state index is -0.0454. The van der Waals surface area contributed by atoms with Crippen molar-refractivity contribution >= 4 is 35.4 Å². The van der Waals surface area contributed by atoms with Crippen LogP contribution in [-0.2, 0) is 9.59 Å². The Hall–Kier alpha value is -2.10. The third-order valence-electron chi connectivity index (χ3n) is 4.51. The van der Waals surface area contributed by atoms with Crippen molar-refractivity contribution in [1.82, 2.24) is 4.90 Å². The van der Waals surface area contributed by atoms with E-state index < -0.39 is 0 Å². The summed E-state index contributed by atoms with van der Waals surface area (Å²) in [7, 11) is 0. The summed E-state index contributed by atoms with van der Waals surface area (Å²) in [5.41, 5.74) is 1.03. The standard InChI is InChI=1S/C16H18ClNO2.C6H5Cl.C2H6/c1-2-3-13-6-9-15(18(10-11-19)16(13)20)12-4-7-14(17)8-5-12;7-6-4-2-1-3-5-6;1-2/h2,4-5,7-8,11,13,15H,1,3,6,9-10H2;1-5H;1-2H3/t13-,15-;;/m0../s1. The Morgan fingerprint density at radius 2 is 1.59 bits per heavy atom. The number of benzene rings is 2. The molecule has 2 aromatic carbocycles. The molecule has 1 aliphatic heterocycles. The third kappa shape index (κ3) is 8.04. The molecule has 29 heavy (non-hydrogen) atoms. The highest BCUT2D eigenvalue weighted by molar-refractivity contribution is 6.30. The van der Waals surface area contributed by atoms with E-state index in [-0.39, 0.29) is 24.4 Å². The average Bonchev–Trinajstić information content (AvgIpc) is 2.75. The molecule has 5 heteroatoms. The van der Waals surface area contributed by atoms with Gasteiger partial charge in [-0.3, -0.25) is 4.79 Å². The molecule has 0 aromatic heterocycles. The van der Waals surface area contributed by atoms with Gasteiger partial charge in [0.15, 0.2) is 0 Å². The number of nitrogens with zero attached hydrogens (tertiary/aromatic N) is 1. The minimum Gasteiger partial charge on any atom is -0.328 e. The van der Waals surface area contributed by atoms with Crippen molar-refractivity contribution < 1.29 is 9.59 Å². The Labute approximate surface area is 184 Å². The van der Waals surface area contributed by atoms with Crippen LogP contribution in [-0.4, -0.2) is 23.6 Å². The highest BCUT2D eigenvalue weighted by atomic mass is 35.5. The zero-order chi connectivity index (χ0) is 21.6. The lowest BCUT2D eigenvalue weighted by molar-refractivity contribution is -0.143. The lowest BCUT2D eigenvalue weighted by Crippen LogP contribution is -2.44. The van der Waals surface area contributed by atoms with Crippen molar-refractivity contribution in [3.63, 3.8) is 0 Å². The Morgan fingerprint density at radius 3 is 2.07 bits per heavy atom. The summed E-state index contributed by atoms with van der Waals surface area (Å²) in [6.07, 6.45) is 4.91. The number of amides is 1. The first-order chi connectivity index (χ1) is 14.1. The first kappa shape index (κ1) is 24.9. The molecule has 1 fully saturated rings. The fraction of sp³-hybridized carbons (Fsp3) is 0.333. The Kier molecular flexibility index (Phi) is 12.0. The first-order valence-electron chi connectivity index (χ1n) is 9.87. The van der Waals surface area contributed by atoms with Crippen molar-refractivity contribution in [2.75, 3.05) is 6.54 Å². The SMILES string of the molecule is C=CC[C@H]1CC[C@@H](c2ccc(Cl)cc2)N(CC=O)C1=O.CC.Clc1ccccc1. The number of likely N-dealkylation sites (tertiary alicyclic amines) is 1. The van der Waals surface area contributed by atoms with Crippen LogP contribution in [0.1, 0.15) is 44.7 Å². The molecule has 0 radical (unpaired) electrons. The van der Waals surface area contributed by atoms with Crippen molar-refractivity contribution in [2.45, 2.75) is 39.2 Å². The van der Waals surface area contributed by atoms with E-state index in [1.165, 1.54) is 0 Å². The molecule has 3 nitrogen and oxygen atoms in total. The zero-order valence-electron chi connectivity index (χ0n) is 17.1. The predicted molar refractivity (Wildman–Crippen MR) is 122 cm³/mol. The summed E-state index contributed by atoms with van der Waals surface area (Å²) in [6, 6.07) is 16.9. The van der Waals surface area contributed by atoms with E-state index in [0.717, 1.165) is 29.7 Å². The van der Waals surface area contributed by atoms with Gasteiger partial charge in [0, 0.05) is 16.0 Å². The molecule has 2 aromatic rings. The third-order valence-corrected chi connectivity index (χ3v) is 5.01. The van der Waals surface area contributed by atoms with Crippen LogP contribution in [0.5, 0.6) is 0 Å². The fourth-order valence-electron chi connectivity index (χ4n) is 3.19. The molecule has 156 valence electrons. The first-order valence-corrected chi connectivity index (χ1v) is 10.6. The Balaban J connectivity index is 0.000000390. The molecule has 1 amide bonds. The van der Waals surface area contributed by atoms with Gasteiger partial charge in [0.05, 0.1) is 12.6 Å². The second-order valence-electron chi connectivity index (χ2n) is 6.32. The lowest BCUT2D eigenvalue weighted by Gasteiger charge is -2.38. The quantitative estimate of drug-likeness (QED) is 0.385. The maximum Gasteiger partial charge on any atom is 0.226 e. The van der Waals surface area contributed by atoms with Crippen LogP contribution in [0.2, 0.25) is 10.0 Å². The number of carbonyl (C=O) groups excluding carboxylic acids is 2. The molecule has 1 aliphatic rings. The van der Waals surface area contributed by atoms with Crippen molar-refractivity contribution in [3.05, 3.63) is 82.9 Å². The molecule has 0 saturated carbocycles. The van der Waals surface area contributed by atoms with Gasteiger partial charge in [-0.1, -0.05) is 73.5 Å². The highest BCUT2D eigenvalue weighted by Gasteiger charge is 2.34. The molecule has 2 atom stereocenters. The van der Waals surface area contributed by atoms with E-state index in [1.54, 1.807) is 11.0 Å². The van der Waals surface area contributed by atoms with Gasteiger partial charge in [0.25, 0.3) is 0 Å². The van der Waals surface area contributed by atoms with Crippen molar-refractivity contribution in [3.8, 4) is 0 Å². The summed E-state index contributed by atoms with van der Waals surface area (Å²) >= 11 is 11.4. The van der Waals surface area contributed by atoms with Crippen LogP contribution in [0.3, 0.4) is 0 Å². The monoisotopic (exact) mass is 433 g/mol. The number of hydrogen-bond donors (Lipinski definition) is 0. The summed E-state index contributed by atoms with van der Waals surface area (Å²) in [4.78, 5) is 25.0. The average molecular weight is 434 g/mol. The van der Waals surface area contributed by atoms with Gasteiger partial charge in [-0.15, -0.1) is 6.58 Å². The smallest absolute Gasteiger partial charge is 0.226 e. The van der Waals surface area contributed by atoms with E-state index in [4.69, 9.17) is 23.2 Å². The molecular formula is C24H29Cl2NO2. The Morgan fingerprint density at radius 1 is 1.00 bits per heavy atom. The van der Waals surface area contributed by atoms with Crippen LogP contribution < -0.4 is 0 Å². The molecule has 0 aliphatic carbocycles. The fourth-order valence-corrected chi connectivity index (χ4v) is 3.46. The van der Waals surface area contributed by atoms with E-state index in [2.05, 4.69) is 6.58 Å². The van der Waals surface area contributed by atoms with E-state index in [9.17, 15) is 9.59 Å². The molecular weight excluding hydrogens is 405 g/mol. The number of hydrogen-bond acceptors (Lipinski definition) is 2. The van der Waals surface area contributed by atoms with Gasteiger partial charge in [0.1, 0.15) is 6.29 Å². The minimum absolute atomic E-state index is 0.0361. The maximum atomic E-state index is 12.4. The largest absolute Gasteiger partial charge is 0.328 e. The number of piperidine rings is 1. The number of rotatable bonds is 5. The number of halogens is 2. The maximum absolute atomic E-state index is 12.4. The Bertz CT molecular complexity index is 747. The van der Waals surface area contributed by atoms with Gasteiger partial charge in [-0.05, 0) is 49.1 Å². The molecule has 1 saturated heterocycles. The normalized spacial score (nSPS) is 17.9. The van der Waals surface area contributed by atoms with E-state index >= 15 is 0 Å². The summed E-state index contributed by atoms with van der Waals surface area (Å²) in [5, 5.41) is 1.46.